The van der Waals surface area contributed by atoms with Crippen LogP contribution in [-0.4, -0.2) is 51.3 Å². The number of nitrogens with zero attached hydrogens (tertiary/aromatic N) is 3. The Labute approximate surface area is 234 Å². The van der Waals surface area contributed by atoms with Gasteiger partial charge in [0.05, 0.1) is 22.7 Å². The van der Waals surface area contributed by atoms with Crippen molar-refractivity contribution in [1.82, 2.24) is 9.71 Å². The van der Waals surface area contributed by atoms with Gasteiger partial charge in [0.2, 0.25) is 10.0 Å². The Kier molecular flexibility index (Phi) is 8.53. The molecule has 1 N–H and O–H groups in total. The molecule has 2 aromatic carbocycles. The van der Waals surface area contributed by atoms with Crippen molar-refractivity contribution in [3.05, 3.63) is 76.4 Å². The van der Waals surface area contributed by atoms with E-state index in [2.05, 4.69) is 58.8 Å². The average Bonchev–Trinajstić information content (AvgIpc) is 3.34. The van der Waals surface area contributed by atoms with E-state index in [0.29, 0.717) is 28.8 Å². The number of alkyl halides is 1. The van der Waals surface area contributed by atoms with Crippen LogP contribution >= 0.6 is 23.2 Å². The molecule has 1 unspecified atom stereocenters. The SMILES string of the molecule is CC(C)(c1ccc(-c2ccc(N3CCC(NS(C)(=O)=O)C3)nc2)cc1)c1cc(Cl)c(OCCCl)c(C#N)c1. The predicted octanol–water partition coefficient (Wildman–Crippen LogP) is 5.35. The zero-order valence-corrected chi connectivity index (χ0v) is 23.9. The molecular formula is C28H30Cl2N4O3S. The fraction of sp³-hybridized carbons (Fsp3) is 0.357. The Hall–Kier alpha value is -2.83. The van der Waals surface area contributed by atoms with Crippen LogP contribution in [0.1, 0.15) is 37.0 Å². The van der Waals surface area contributed by atoms with Crippen LogP contribution in [0.4, 0.5) is 5.82 Å². The van der Waals surface area contributed by atoms with Gasteiger partial charge in [0.25, 0.3) is 0 Å². The van der Waals surface area contributed by atoms with E-state index in [1.807, 2.05) is 30.5 Å². The minimum atomic E-state index is -3.23. The fourth-order valence-electron chi connectivity index (χ4n) is 4.68. The standard InChI is InChI=1S/C28H30Cl2N4O3S/c1-28(2,23-14-21(16-31)27(25(30)15-23)37-13-11-29)22-7-4-19(5-8-22)20-6-9-26(32-17-20)34-12-10-24(18-34)33-38(3,35)36/h4-9,14-15,17,24,33H,10-13,18H2,1-3H3. The Morgan fingerprint density at radius 3 is 2.47 bits per heavy atom. The fourth-order valence-corrected chi connectivity index (χ4v) is 5.83. The molecule has 10 heteroatoms. The van der Waals surface area contributed by atoms with Crippen LogP contribution < -0.4 is 14.4 Å². The second-order valence-corrected chi connectivity index (χ2v) is 12.5. The number of aromatic nitrogens is 1. The average molecular weight is 574 g/mol. The van der Waals surface area contributed by atoms with E-state index in [0.717, 1.165) is 41.0 Å². The van der Waals surface area contributed by atoms with Gasteiger partial charge >= 0.3 is 0 Å². The van der Waals surface area contributed by atoms with Crippen molar-refractivity contribution in [3.63, 3.8) is 0 Å². The molecule has 7 nitrogen and oxygen atoms in total. The molecule has 200 valence electrons. The smallest absolute Gasteiger partial charge is 0.209 e. The third-order valence-electron chi connectivity index (χ3n) is 6.79. The molecule has 3 aromatic rings. The summed E-state index contributed by atoms with van der Waals surface area (Å²) in [5.74, 6) is 1.49. The van der Waals surface area contributed by atoms with Gasteiger partial charge in [-0.25, -0.2) is 18.1 Å². The van der Waals surface area contributed by atoms with Crippen molar-refractivity contribution in [2.75, 3.05) is 36.7 Å². The van der Waals surface area contributed by atoms with E-state index in [-0.39, 0.29) is 12.6 Å². The summed E-state index contributed by atoms with van der Waals surface area (Å²) in [6, 6.07) is 18.0. The zero-order chi connectivity index (χ0) is 27.5. The van der Waals surface area contributed by atoms with Gasteiger partial charge in [-0.15, -0.1) is 11.6 Å². The summed E-state index contributed by atoms with van der Waals surface area (Å²) in [5, 5.41) is 10.0. The zero-order valence-electron chi connectivity index (χ0n) is 21.5. The first-order chi connectivity index (χ1) is 18.0. The third-order valence-corrected chi connectivity index (χ3v) is 7.99. The molecule has 1 aliphatic heterocycles. The van der Waals surface area contributed by atoms with Gasteiger partial charge in [-0.1, -0.05) is 49.7 Å². The summed E-state index contributed by atoms with van der Waals surface area (Å²) in [7, 11) is -3.23. The maximum atomic E-state index is 11.5. The summed E-state index contributed by atoms with van der Waals surface area (Å²) in [5.41, 5.74) is 3.96. The van der Waals surface area contributed by atoms with Crippen molar-refractivity contribution < 1.29 is 13.2 Å². The van der Waals surface area contributed by atoms with Crippen LogP contribution in [-0.2, 0) is 15.4 Å². The lowest BCUT2D eigenvalue weighted by atomic mass is 9.77. The highest BCUT2D eigenvalue weighted by molar-refractivity contribution is 7.88. The first kappa shape index (κ1) is 28.2. The molecule has 0 spiro atoms. The first-order valence-corrected chi connectivity index (χ1v) is 15.0. The number of benzene rings is 2. The molecule has 0 bridgehead atoms. The predicted molar refractivity (Wildman–Crippen MR) is 153 cm³/mol. The van der Waals surface area contributed by atoms with E-state index in [1.54, 1.807) is 0 Å². The van der Waals surface area contributed by atoms with Crippen LogP contribution in [0.5, 0.6) is 5.75 Å². The van der Waals surface area contributed by atoms with E-state index >= 15 is 0 Å². The number of pyridine rings is 1. The Bertz CT molecular complexity index is 1440. The number of ether oxygens (including phenoxy) is 1. The largest absolute Gasteiger partial charge is 0.489 e. The van der Waals surface area contributed by atoms with E-state index < -0.39 is 15.4 Å². The lowest BCUT2D eigenvalue weighted by Gasteiger charge is -2.27. The lowest BCUT2D eigenvalue weighted by molar-refractivity contribution is 0.341. The van der Waals surface area contributed by atoms with Gasteiger partial charge in [-0.2, -0.15) is 5.26 Å². The second kappa shape index (κ2) is 11.5. The van der Waals surface area contributed by atoms with Crippen LogP contribution in [0.2, 0.25) is 5.02 Å². The lowest BCUT2D eigenvalue weighted by Crippen LogP contribution is -2.36. The van der Waals surface area contributed by atoms with E-state index in [9.17, 15) is 13.7 Å². The highest BCUT2D eigenvalue weighted by atomic mass is 35.5. The minimum absolute atomic E-state index is 0.101. The quantitative estimate of drug-likeness (QED) is 0.347. The minimum Gasteiger partial charge on any atom is -0.489 e. The molecule has 1 saturated heterocycles. The molecule has 0 radical (unpaired) electrons. The van der Waals surface area contributed by atoms with Crippen molar-refractivity contribution in [3.8, 4) is 22.9 Å². The number of nitriles is 1. The molecule has 1 atom stereocenters. The molecule has 0 saturated carbocycles. The van der Waals surface area contributed by atoms with Crippen LogP contribution in [0, 0.1) is 11.3 Å². The number of anilines is 1. The van der Waals surface area contributed by atoms with Crippen molar-refractivity contribution in [2.24, 2.45) is 0 Å². The number of halogens is 2. The monoisotopic (exact) mass is 572 g/mol. The number of sulfonamides is 1. The highest BCUT2D eigenvalue weighted by Crippen LogP contribution is 2.38. The van der Waals surface area contributed by atoms with Gasteiger partial charge < -0.3 is 9.64 Å². The van der Waals surface area contributed by atoms with Gasteiger partial charge in [-0.3, -0.25) is 0 Å². The van der Waals surface area contributed by atoms with Gasteiger partial charge in [0.15, 0.2) is 5.75 Å². The molecule has 1 aromatic heterocycles. The Morgan fingerprint density at radius 2 is 1.87 bits per heavy atom. The summed E-state index contributed by atoms with van der Waals surface area (Å²) in [6.45, 7) is 5.80. The molecule has 1 aliphatic rings. The number of hydrogen-bond acceptors (Lipinski definition) is 6. The van der Waals surface area contributed by atoms with E-state index in [4.69, 9.17) is 27.9 Å². The second-order valence-electron chi connectivity index (χ2n) is 9.91. The number of hydrogen-bond donors (Lipinski definition) is 1. The summed E-state index contributed by atoms with van der Waals surface area (Å²) < 4.78 is 31.3. The van der Waals surface area contributed by atoms with Gasteiger partial charge in [-0.05, 0) is 47.4 Å². The summed E-state index contributed by atoms with van der Waals surface area (Å²) >= 11 is 12.2. The van der Waals surface area contributed by atoms with Gasteiger partial charge in [0.1, 0.15) is 18.5 Å². The van der Waals surface area contributed by atoms with Crippen molar-refractivity contribution in [2.45, 2.75) is 31.7 Å². The van der Waals surface area contributed by atoms with Crippen molar-refractivity contribution in [1.29, 1.82) is 5.26 Å². The van der Waals surface area contributed by atoms with Crippen molar-refractivity contribution >= 4 is 39.0 Å². The molecule has 0 amide bonds. The third kappa shape index (κ3) is 6.41. The topological polar surface area (TPSA) is 95.3 Å². The number of nitrogens with one attached hydrogen (secondary N) is 1. The number of rotatable bonds is 9. The van der Waals surface area contributed by atoms with Crippen LogP contribution in [0.3, 0.4) is 0 Å². The van der Waals surface area contributed by atoms with Gasteiger partial charge in [0, 0.05) is 36.3 Å². The molecule has 38 heavy (non-hydrogen) atoms. The summed E-state index contributed by atoms with van der Waals surface area (Å²) in [4.78, 5) is 6.72. The molecule has 0 aliphatic carbocycles. The maximum absolute atomic E-state index is 11.5. The molecule has 4 rings (SSSR count). The normalized spacial score (nSPS) is 15.9. The maximum Gasteiger partial charge on any atom is 0.209 e. The van der Waals surface area contributed by atoms with E-state index in [1.165, 1.54) is 6.26 Å². The summed E-state index contributed by atoms with van der Waals surface area (Å²) in [6.07, 6.45) is 3.77. The Morgan fingerprint density at radius 1 is 1.16 bits per heavy atom. The molecule has 1 fully saturated rings. The highest BCUT2D eigenvalue weighted by Gasteiger charge is 2.27. The Balaban J connectivity index is 1.50. The molecular weight excluding hydrogens is 543 g/mol. The van der Waals surface area contributed by atoms with Crippen LogP contribution in [0.15, 0.2) is 54.7 Å². The first-order valence-electron chi connectivity index (χ1n) is 12.2. The molecule has 2 heterocycles. The van der Waals surface area contributed by atoms with Crippen LogP contribution in [0.25, 0.3) is 11.1 Å².